The van der Waals surface area contributed by atoms with Gasteiger partial charge in [0.25, 0.3) is 11.8 Å². The van der Waals surface area contributed by atoms with Gasteiger partial charge >= 0.3 is 5.97 Å². The molecule has 1 aromatic rings. The summed E-state index contributed by atoms with van der Waals surface area (Å²) in [5.74, 6) is -0.649. The highest BCUT2D eigenvalue weighted by Crippen LogP contribution is 2.41. The Morgan fingerprint density at radius 3 is 2.93 bits per heavy atom. The average Bonchev–Trinajstić information content (AvgIpc) is 3.57. The molecule has 41 heavy (non-hydrogen) atoms. The smallest absolute Gasteiger partial charge is 0.352 e. The van der Waals surface area contributed by atoms with Crippen LogP contribution in [0.1, 0.15) is 5.82 Å². The summed E-state index contributed by atoms with van der Waals surface area (Å²) < 4.78 is 3.97. The molecular weight excluding hydrogens is 595 g/mol. The van der Waals surface area contributed by atoms with Gasteiger partial charge in [0.2, 0.25) is 11.5 Å². The van der Waals surface area contributed by atoms with E-state index in [2.05, 4.69) is 30.2 Å². The van der Waals surface area contributed by atoms with Crippen molar-refractivity contribution in [1.29, 1.82) is 0 Å². The summed E-state index contributed by atoms with van der Waals surface area (Å²) in [6.07, 6.45) is 8.81. The van der Waals surface area contributed by atoms with Gasteiger partial charge in [-0.05, 0) is 17.7 Å². The molecule has 0 saturated carbocycles. The molecule has 4 aliphatic rings. The topological polar surface area (TPSA) is 217 Å². The number of hydrazine groups is 1. The molecule has 0 unspecified atom stereocenters. The zero-order chi connectivity index (χ0) is 29.1. The van der Waals surface area contributed by atoms with Gasteiger partial charge in [0.05, 0.1) is 17.9 Å². The molecule has 4 aliphatic heterocycles. The zero-order valence-corrected chi connectivity index (χ0v) is 23.9. The van der Waals surface area contributed by atoms with Crippen molar-refractivity contribution in [2.75, 3.05) is 37.4 Å². The number of nitrogens with zero attached hydrogens (tertiary/aromatic N) is 7. The molecule has 216 valence electrons. The van der Waals surface area contributed by atoms with Crippen LogP contribution in [0, 0.1) is 0 Å². The number of fused-ring (bicyclic) bond motifs is 2. The highest BCUT2D eigenvalue weighted by molar-refractivity contribution is 8.03. The Hall–Kier alpha value is -4.23. The minimum absolute atomic E-state index is 0.0410. The highest BCUT2D eigenvalue weighted by atomic mass is 32.2. The monoisotopic (exact) mass is 619 g/mol. The van der Waals surface area contributed by atoms with E-state index >= 15 is 0 Å². The molecular formula is C22H25N11O5S3. The van der Waals surface area contributed by atoms with Gasteiger partial charge in [-0.1, -0.05) is 5.16 Å². The van der Waals surface area contributed by atoms with Crippen molar-refractivity contribution in [2.45, 2.75) is 11.4 Å². The van der Waals surface area contributed by atoms with Crippen LogP contribution in [-0.4, -0.2) is 102 Å². The van der Waals surface area contributed by atoms with Crippen molar-refractivity contribution < 1.29 is 24.3 Å². The minimum atomic E-state index is -1.22. The number of carbonyl (C=O) groups is 3. The average molecular weight is 620 g/mol. The first kappa shape index (κ1) is 28.3. The molecule has 0 spiro atoms. The molecule has 5 rings (SSSR count). The van der Waals surface area contributed by atoms with E-state index < -0.39 is 29.2 Å². The Morgan fingerprint density at radius 1 is 1.39 bits per heavy atom. The number of hydrogen-bond acceptors (Lipinski definition) is 15. The molecule has 0 aromatic carbocycles. The SMILES string of the molecule is CO/N=C(\C(=O)N[C@@H]1C(=O)N2C(C(=O)O)=C(CN3C=CN4NC(SCCN=CN)=CC=C34)CS[C@@H]12)c1nsc(N)n1. The number of anilines is 1. The van der Waals surface area contributed by atoms with Crippen LogP contribution >= 0.6 is 35.1 Å². The van der Waals surface area contributed by atoms with Crippen LogP contribution in [0.5, 0.6) is 0 Å². The molecule has 0 bridgehead atoms. The van der Waals surface area contributed by atoms with Gasteiger partial charge in [0.15, 0.2) is 5.13 Å². The molecule has 1 fully saturated rings. The number of β-lactam (4-membered cyclic amide) rings is 1. The van der Waals surface area contributed by atoms with E-state index in [9.17, 15) is 19.5 Å². The van der Waals surface area contributed by atoms with Crippen molar-refractivity contribution >= 4 is 70.0 Å². The van der Waals surface area contributed by atoms with Gasteiger partial charge in [-0.3, -0.25) is 24.9 Å². The predicted molar refractivity (Wildman–Crippen MR) is 155 cm³/mol. The summed E-state index contributed by atoms with van der Waals surface area (Å²) in [6.45, 7) is 0.856. The Kier molecular flexibility index (Phi) is 8.36. The first-order valence-corrected chi connectivity index (χ1v) is 14.8. The first-order chi connectivity index (χ1) is 19.8. The molecule has 0 radical (unpaired) electrons. The number of aromatic nitrogens is 2. The van der Waals surface area contributed by atoms with Gasteiger partial charge in [0, 0.05) is 42.0 Å². The van der Waals surface area contributed by atoms with E-state index in [1.807, 2.05) is 34.5 Å². The molecule has 2 atom stereocenters. The molecule has 1 saturated heterocycles. The number of nitrogens with two attached hydrogens (primary N) is 2. The van der Waals surface area contributed by atoms with E-state index in [0.29, 0.717) is 17.9 Å². The van der Waals surface area contributed by atoms with E-state index in [0.717, 1.165) is 28.1 Å². The number of carbonyl (C=O) groups excluding carboxylic acids is 2. The molecule has 0 aliphatic carbocycles. The van der Waals surface area contributed by atoms with Gasteiger partial charge in [-0.25, -0.2) is 9.80 Å². The second kappa shape index (κ2) is 12.1. The summed E-state index contributed by atoms with van der Waals surface area (Å²) in [5, 5.41) is 18.6. The van der Waals surface area contributed by atoms with Crippen LogP contribution in [-0.2, 0) is 19.2 Å². The number of hydrogen-bond donors (Lipinski definition) is 5. The highest BCUT2D eigenvalue weighted by Gasteiger charge is 2.54. The van der Waals surface area contributed by atoms with Crippen LogP contribution in [0.25, 0.3) is 0 Å². The lowest BCUT2D eigenvalue weighted by atomic mass is 10.0. The standard InChI is InChI=1S/C22H25N11O5S3/c1-38-29-14(17-27-22(24)41-30-17)18(34)26-15-19(35)33-16(21(36)37)11(9-40-20(15)33)8-31-5-6-32-13(31)3-2-12(28-32)39-7-4-25-10-23/h2-3,5-6,10,15,20,28H,4,7-9H2,1H3,(H2,23,25)(H,26,34)(H,36,37)(H2,24,27,30)/b29-14-/t15-,20+/m1/s1. The van der Waals surface area contributed by atoms with Crippen LogP contribution in [0.15, 0.2) is 56.8 Å². The maximum absolute atomic E-state index is 13.1. The van der Waals surface area contributed by atoms with Gasteiger partial charge in [0.1, 0.15) is 30.0 Å². The Labute approximate surface area is 246 Å². The van der Waals surface area contributed by atoms with Crippen molar-refractivity contribution in [2.24, 2.45) is 15.9 Å². The van der Waals surface area contributed by atoms with Crippen LogP contribution < -0.4 is 22.2 Å². The summed E-state index contributed by atoms with van der Waals surface area (Å²) in [5.41, 5.74) is 14.4. The second-order valence-electron chi connectivity index (χ2n) is 8.56. The minimum Gasteiger partial charge on any atom is -0.477 e. The largest absolute Gasteiger partial charge is 0.477 e. The number of thioether (sulfide) groups is 2. The molecule has 1 aromatic heterocycles. The van der Waals surface area contributed by atoms with Gasteiger partial charge in [-0.15, -0.1) is 23.5 Å². The molecule has 19 heteroatoms. The van der Waals surface area contributed by atoms with Gasteiger partial charge < -0.3 is 31.6 Å². The maximum atomic E-state index is 13.1. The third-order valence-electron chi connectivity index (χ3n) is 6.08. The fraction of sp³-hybridized carbons (Fsp3) is 0.318. The third-order valence-corrected chi connectivity index (χ3v) is 8.89. The normalized spacial score (nSPS) is 21.7. The van der Waals surface area contributed by atoms with E-state index in [-0.39, 0.29) is 28.9 Å². The number of carboxylic acids is 1. The number of aliphatic carboxylic acids is 1. The van der Waals surface area contributed by atoms with Gasteiger partial charge in [-0.2, -0.15) is 9.36 Å². The fourth-order valence-electron chi connectivity index (χ4n) is 4.34. The van der Waals surface area contributed by atoms with Crippen LogP contribution in [0.3, 0.4) is 0 Å². The number of amides is 2. The second-order valence-corrected chi connectivity index (χ2v) is 11.6. The maximum Gasteiger partial charge on any atom is 0.352 e. The lowest BCUT2D eigenvalue weighted by Gasteiger charge is -2.49. The van der Waals surface area contributed by atoms with Crippen molar-refractivity contribution in [3.8, 4) is 0 Å². The number of allylic oxidation sites excluding steroid dienone is 2. The summed E-state index contributed by atoms with van der Waals surface area (Å²) in [7, 11) is 1.25. The van der Waals surface area contributed by atoms with Crippen molar-refractivity contribution in [1.82, 2.24) is 34.9 Å². The van der Waals surface area contributed by atoms with E-state index in [1.165, 1.54) is 30.1 Å². The number of oxime groups is 1. The Bertz CT molecular complexity index is 1440. The first-order valence-electron chi connectivity index (χ1n) is 12.0. The summed E-state index contributed by atoms with van der Waals surface area (Å²) in [6, 6.07) is -0.967. The number of rotatable bonds is 11. The number of carboxylic acid groups (broad SMARTS) is 1. The Balaban J connectivity index is 1.27. The lowest BCUT2D eigenvalue weighted by Crippen LogP contribution is -2.71. The van der Waals surface area contributed by atoms with Crippen LogP contribution in [0.4, 0.5) is 5.13 Å². The Morgan fingerprint density at radius 2 is 2.22 bits per heavy atom. The predicted octanol–water partition coefficient (Wildman–Crippen LogP) is -0.781. The molecule has 5 heterocycles. The third kappa shape index (κ3) is 5.68. The van der Waals surface area contributed by atoms with E-state index in [4.69, 9.17) is 16.3 Å². The van der Waals surface area contributed by atoms with Crippen LogP contribution in [0.2, 0.25) is 0 Å². The number of nitrogens with one attached hydrogen (secondary N) is 2. The lowest BCUT2D eigenvalue weighted by molar-refractivity contribution is -0.150. The number of nitrogen functional groups attached to an aromatic ring is 1. The molecule has 7 N–H and O–H groups in total. The quantitative estimate of drug-likeness (QED) is 0.0675. The molecule has 16 nitrogen and oxygen atoms in total. The number of aliphatic imine (C=N–C) groups is 1. The summed E-state index contributed by atoms with van der Waals surface area (Å²) in [4.78, 5) is 54.2. The molecule has 2 amide bonds. The van der Waals surface area contributed by atoms with E-state index in [1.54, 1.807) is 11.8 Å². The summed E-state index contributed by atoms with van der Waals surface area (Å²) >= 11 is 3.84. The van der Waals surface area contributed by atoms with Crippen molar-refractivity contribution in [3.63, 3.8) is 0 Å². The van der Waals surface area contributed by atoms with Crippen molar-refractivity contribution in [3.05, 3.63) is 52.5 Å². The zero-order valence-electron chi connectivity index (χ0n) is 21.5. The fourth-order valence-corrected chi connectivity index (χ4v) is 6.85.